The molecule has 0 saturated heterocycles. The fourth-order valence-corrected chi connectivity index (χ4v) is 1.91. The fourth-order valence-electron chi connectivity index (χ4n) is 1.91. The van der Waals surface area contributed by atoms with E-state index in [9.17, 15) is 9.59 Å². The molecule has 0 aliphatic heterocycles. The molecule has 2 rings (SSSR count). The van der Waals surface area contributed by atoms with E-state index in [-0.39, 0.29) is 11.2 Å². The second-order valence-electron chi connectivity index (χ2n) is 3.91. The second kappa shape index (κ2) is 3.63. The van der Waals surface area contributed by atoms with E-state index in [1.807, 2.05) is 32.0 Å². The van der Waals surface area contributed by atoms with Crippen LogP contribution in [0.25, 0.3) is 10.9 Å². The van der Waals surface area contributed by atoms with Crippen LogP contribution in [0, 0.1) is 6.92 Å². The number of aromatic nitrogens is 2. The van der Waals surface area contributed by atoms with Crippen molar-refractivity contribution in [3.8, 4) is 0 Å². The lowest BCUT2D eigenvalue weighted by Crippen LogP contribution is -2.37. The van der Waals surface area contributed by atoms with Crippen molar-refractivity contribution >= 4 is 10.9 Å². The van der Waals surface area contributed by atoms with Crippen LogP contribution in [0.4, 0.5) is 0 Å². The molecule has 1 aromatic carbocycles. The Kier molecular flexibility index (Phi) is 2.42. The Labute approximate surface area is 92.8 Å². The van der Waals surface area contributed by atoms with Gasteiger partial charge in [-0.1, -0.05) is 11.6 Å². The Morgan fingerprint density at radius 3 is 2.56 bits per heavy atom. The molecular formula is C12H14N2O2. The molecule has 0 fully saturated rings. The van der Waals surface area contributed by atoms with Gasteiger partial charge in [-0.05, 0) is 26.0 Å². The van der Waals surface area contributed by atoms with Gasteiger partial charge >= 0.3 is 5.69 Å². The smallest absolute Gasteiger partial charge is 0.293 e. The van der Waals surface area contributed by atoms with Gasteiger partial charge in [-0.3, -0.25) is 13.9 Å². The molecule has 0 aliphatic carbocycles. The number of hydrogen-bond donors (Lipinski definition) is 0. The molecule has 1 aromatic heterocycles. The zero-order valence-electron chi connectivity index (χ0n) is 9.65. The quantitative estimate of drug-likeness (QED) is 0.717. The predicted octanol–water partition coefficient (Wildman–Crippen LogP) is 1.03. The van der Waals surface area contributed by atoms with E-state index in [1.165, 1.54) is 7.05 Å². The Hall–Kier alpha value is -1.84. The average Bonchev–Trinajstić information content (AvgIpc) is 2.28. The van der Waals surface area contributed by atoms with Crippen molar-refractivity contribution in [2.24, 2.45) is 7.05 Å². The third-order valence-corrected chi connectivity index (χ3v) is 2.81. The first kappa shape index (κ1) is 10.7. The molecule has 0 bridgehead atoms. The molecule has 0 amide bonds. The molecule has 4 heteroatoms. The maximum absolute atomic E-state index is 11.9. The fraction of sp³-hybridized carbons (Fsp3) is 0.333. The molecule has 0 saturated carbocycles. The monoisotopic (exact) mass is 218 g/mol. The summed E-state index contributed by atoms with van der Waals surface area (Å²) in [5.41, 5.74) is 1.24. The lowest BCUT2D eigenvalue weighted by atomic mass is 10.1. The lowest BCUT2D eigenvalue weighted by molar-refractivity contribution is 0.657. The van der Waals surface area contributed by atoms with Gasteiger partial charge in [0.2, 0.25) is 0 Å². The van der Waals surface area contributed by atoms with Crippen LogP contribution in [0.15, 0.2) is 27.8 Å². The summed E-state index contributed by atoms with van der Waals surface area (Å²) in [6.45, 7) is 4.39. The highest BCUT2D eigenvalue weighted by molar-refractivity contribution is 5.78. The van der Waals surface area contributed by atoms with Crippen LogP contribution < -0.4 is 11.2 Å². The minimum atomic E-state index is -0.260. The van der Waals surface area contributed by atoms with Crippen molar-refractivity contribution in [1.29, 1.82) is 0 Å². The van der Waals surface area contributed by atoms with Crippen LogP contribution in [-0.2, 0) is 13.6 Å². The maximum atomic E-state index is 11.9. The summed E-state index contributed by atoms with van der Waals surface area (Å²) < 4.78 is 2.77. The maximum Gasteiger partial charge on any atom is 0.331 e. The van der Waals surface area contributed by atoms with E-state index >= 15 is 0 Å². The summed E-state index contributed by atoms with van der Waals surface area (Å²) in [5, 5.41) is 0.601. The van der Waals surface area contributed by atoms with Gasteiger partial charge in [-0.2, -0.15) is 0 Å². The molecule has 0 N–H and O–H groups in total. The van der Waals surface area contributed by atoms with Gasteiger partial charge in [0.05, 0.1) is 10.9 Å². The van der Waals surface area contributed by atoms with Crippen LogP contribution in [0.2, 0.25) is 0 Å². The molecular weight excluding hydrogens is 204 g/mol. The third kappa shape index (κ3) is 1.38. The molecule has 0 atom stereocenters. The summed E-state index contributed by atoms with van der Waals surface area (Å²) in [6.07, 6.45) is 0. The molecule has 1 heterocycles. The second-order valence-corrected chi connectivity index (χ2v) is 3.91. The van der Waals surface area contributed by atoms with Gasteiger partial charge in [0, 0.05) is 13.6 Å². The number of hydrogen-bond acceptors (Lipinski definition) is 2. The van der Waals surface area contributed by atoms with E-state index in [1.54, 1.807) is 4.57 Å². The van der Waals surface area contributed by atoms with E-state index in [0.29, 0.717) is 17.4 Å². The van der Waals surface area contributed by atoms with E-state index in [4.69, 9.17) is 0 Å². The highest BCUT2D eigenvalue weighted by Gasteiger charge is 2.08. The third-order valence-electron chi connectivity index (χ3n) is 2.81. The van der Waals surface area contributed by atoms with E-state index in [0.717, 1.165) is 10.1 Å². The highest BCUT2D eigenvalue weighted by Crippen LogP contribution is 2.10. The highest BCUT2D eigenvalue weighted by atomic mass is 16.2. The van der Waals surface area contributed by atoms with Gasteiger partial charge in [0.15, 0.2) is 0 Å². The number of nitrogens with zero attached hydrogens (tertiary/aromatic N) is 2. The van der Waals surface area contributed by atoms with Gasteiger partial charge in [0.25, 0.3) is 5.56 Å². The zero-order valence-corrected chi connectivity index (χ0v) is 9.65. The number of benzene rings is 1. The van der Waals surface area contributed by atoms with Gasteiger partial charge in [0.1, 0.15) is 0 Å². The Balaban J connectivity index is 3.10. The normalized spacial score (nSPS) is 10.9. The summed E-state index contributed by atoms with van der Waals surface area (Å²) in [4.78, 5) is 23.8. The van der Waals surface area contributed by atoms with Crippen molar-refractivity contribution in [2.75, 3.05) is 0 Å². The first-order valence-corrected chi connectivity index (χ1v) is 5.26. The summed E-state index contributed by atoms with van der Waals surface area (Å²) >= 11 is 0. The van der Waals surface area contributed by atoms with Crippen molar-refractivity contribution in [1.82, 2.24) is 9.13 Å². The minimum Gasteiger partial charge on any atom is -0.293 e. The van der Waals surface area contributed by atoms with Gasteiger partial charge in [-0.15, -0.1) is 0 Å². The van der Waals surface area contributed by atoms with Crippen LogP contribution in [0.3, 0.4) is 0 Å². The molecule has 16 heavy (non-hydrogen) atoms. The summed E-state index contributed by atoms with van der Waals surface area (Å²) in [7, 11) is 1.51. The lowest BCUT2D eigenvalue weighted by Gasteiger charge is -2.09. The van der Waals surface area contributed by atoms with Crippen LogP contribution in [0.1, 0.15) is 12.5 Å². The molecule has 0 spiro atoms. The van der Waals surface area contributed by atoms with Crippen molar-refractivity contribution in [3.05, 3.63) is 44.6 Å². The SMILES string of the molecule is CCn1c(=O)n(C)c(=O)c2cc(C)ccc21. The molecule has 0 radical (unpaired) electrons. The number of rotatable bonds is 1. The Morgan fingerprint density at radius 2 is 1.94 bits per heavy atom. The van der Waals surface area contributed by atoms with Crippen molar-refractivity contribution < 1.29 is 0 Å². The molecule has 84 valence electrons. The minimum absolute atomic E-state index is 0.228. The summed E-state index contributed by atoms with van der Waals surface area (Å²) in [6, 6.07) is 5.56. The van der Waals surface area contributed by atoms with Crippen LogP contribution in [-0.4, -0.2) is 9.13 Å². The first-order valence-electron chi connectivity index (χ1n) is 5.26. The summed E-state index contributed by atoms with van der Waals surface area (Å²) in [5.74, 6) is 0. The Morgan fingerprint density at radius 1 is 1.25 bits per heavy atom. The molecule has 0 unspecified atom stereocenters. The van der Waals surface area contributed by atoms with Crippen molar-refractivity contribution in [2.45, 2.75) is 20.4 Å². The predicted molar refractivity (Wildman–Crippen MR) is 63.9 cm³/mol. The zero-order chi connectivity index (χ0) is 11.9. The van der Waals surface area contributed by atoms with Gasteiger partial charge < -0.3 is 0 Å². The Bertz CT molecular complexity index is 665. The average molecular weight is 218 g/mol. The first-order chi connectivity index (χ1) is 7.56. The topological polar surface area (TPSA) is 44.0 Å². The largest absolute Gasteiger partial charge is 0.331 e. The molecule has 4 nitrogen and oxygen atoms in total. The molecule has 0 aliphatic rings. The standard InChI is InChI=1S/C12H14N2O2/c1-4-14-10-6-5-8(2)7-9(10)11(15)13(3)12(14)16/h5-7H,4H2,1-3H3. The van der Waals surface area contributed by atoms with E-state index in [2.05, 4.69) is 0 Å². The number of fused-ring (bicyclic) bond motifs is 1. The van der Waals surface area contributed by atoms with E-state index < -0.39 is 0 Å². The number of aryl methyl sites for hydroxylation is 2. The molecule has 2 aromatic rings. The van der Waals surface area contributed by atoms with Crippen LogP contribution in [0.5, 0.6) is 0 Å². The van der Waals surface area contributed by atoms with Crippen molar-refractivity contribution in [3.63, 3.8) is 0 Å². The van der Waals surface area contributed by atoms with Gasteiger partial charge in [-0.25, -0.2) is 4.79 Å². The van der Waals surface area contributed by atoms with Crippen LogP contribution >= 0.6 is 0 Å².